The second-order valence-electron chi connectivity index (χ2n) is 3.19. The summed E-state index contributed by atoms with van der Waals surface area (Å²) in [6.45, 7) is 8.20. The fourth-order valence-corrected chi connectivity index (χ4v) is 1.60. The van der Waals surface area contributed by atoms with Gasteiger partial charge in [-0.1, -0.05) is 24.1 Å². The molecule has 1 fully saturated rings. The van der Waals surface area contributed by atoms with Gasteiger partial charge in [0.25, 0.3) is 0 Å². The van der Waals surface area contributed by atoms with Gasteiger partial charge in [-0.05, 0) is 26.7 Å². The van der Waals surface area contributed by atoms with Crippen molar-refractivity contribution in [1.29, 1.82) is 0 Å². The van der Waals surface area contributed by atoms with Crippen molar-refractivity contribution in [3.05, 3.63) is 24.3 Å². The molecule has 1 rings (SSSR count). The fraction of sp³-hybridized carbons (Fsp3) is 0.600. The first-order chi connectivity index (χ1) is 4.75. The van der Waals surface area contributed by atoms with E-state index in [0.29, 0.717) is 5.41 Å². The zero-order valence-corrected chi connectivity index (χ0v) is 6.98. The van der Waals surface area contributed by atoms with Crippen LogP contribution in [0.25, 0.3) is 0 Å². The Hall–Kier alpha value is -0.520. The summed E-state index contributed by atoms with van der Waals surface area (Å²) >= 11 is 0. The number of hydrogen-bond donors (Lipinski definition) is 0. The van der Waals surface area contributed by atoms with Gasteiger partial charge in [0.1, 0.15) is 0 Å². The van der Waals surface area contributed by atoms with Crippen molar-refractivity contribution in [3.63, 3.8) is 0 Å². The predicted molar refractivity (Wildman–Crippen MR) is 45.9 cm³/mol. The van der Waals surface area contributed by atoms with E-state index in [1.807, 2.05) is 0 Å². The van der Waals surface area contributed by atoms with Crippen molar-refractivity contribution in [2.45, 2.75) is 33.1 Å². The van der Waals surface area contributed by atoms with Gasteiger partial charge in [-0.2, -0.15) is 0 Å². The van der Waals surface area contributed by atoms with Crippen LogP contribution in [-0.2, 0) is 0 Å². The first-order valence-electron chi connectivity index (χ1n) is 4.02. The molecule has 0 heterocycles. The standard InChI is InChI=1S/C10H16/c1-4-9(3)10(5-2)7-6-8-10/h4-5H,2,6-8H2,1,3H3/b9-4+. The van der Waals surface area contributed by atoms with Crippen molar-refractivity contribution in [1.82, 2.24) is 0 Å². The molecule has 0 radical (unpaired) electrons. The Morgan fingerprint density at radius 3 is 2.20 bits per heavy atom. The lowest BCUT2D eigenvalue weighted by Crippen LogP contribution is -2.27. The second-order valence-corrected chi connectivity index (χ2v) is 3.19. The molecule has 0 aromatic carbocycles. The van der Waals surface area contributed by atoms with Gasteiger partial charge in [0, 0.05) is 5.41 Å². The lowest BCUT2D eigenvalue weighted by molar-refractivity contribution is 0.258. The van der Waals surface area contributed by atoms with E-state index in [2.05, 4.69) is 32.6 Å². The molecule has 0 saturated heterocycles. The van der Waals surface area contributed by atoms with Crippen LogP contribution in [0.3, 0.4) is 0 Å². The lowest BCUT2D eigenvalue weighted by atomic mass is 9.64. The molecule has 10 heavy (non-hydrogen) atoms. The largest absolute Gasteiger partial charge is 0.102 e. The highest BCUT2D eigenvalue weighted by molar-refractivity contribution is 5.22. The molecule has 0 nitrogen and oxygen atoms in total. The minimum atomic E-state index is 0.398. The zero-order valence-electron chi connectivity index (χ0n) is 6.98. The molecule has 0 unspecified atom stereocenters. The van der Waals surface area contributed by atoms with Crippen LogP contribution in [0, 0.1) is 5.41 Å². The van der Waals surface area contributed by atoms with Crippen LogP contribution in [0.1, 0.15) is 33.1 Å². The summed E-state index contributed by atoms with van der Waals surface area (Å²) in [7, 11) is 0. The van der Waals surface area contributed by atoms with E-state index >= 15 is 0 Å². The van der Waals surface area contributed by atoms with Crippen molar-refractivity contribution in [2.75, 3.05) is 0 Å². The smallest absolute Gasteiger partial charge is 0.00852 e. The van der Waals surface area contributed by atoms with Crippen LogP contribution in [0.4, 0.5) is 0 Å². The second kappa shape index (κ2) is 2.61. The van der Waals surface area contributed by atoms with E-state index in [1.165, 1.54) is 24.8 Å². The normalized spacial score (nSPS) is 23.6. The first-order valence-corrected chi connectivity index (χ1v) is 4.02. The van der Waals surface area contributed by atoms with E-state index in [4.69, 9.17) is 0 Å². The van der Waals surface area contributed by atoms with Gasteiger partial charge in [-0.25, -0.2) is 0 Å². The van der Waals surface area contributed by atoms with Crippen molar-refractivity contribution in [3.8, 4) is 0 Å². The maximum absolute atomic E-state index is 3.88. The molecule has 1 aliphatic rings. The molecule has 0 bridgehead atoms. The van der Waals surface area contributed by atoms with Gasteiger partial charge < -0.3 is 0 Å². The van der Waals surface area contributed by atoms with E-state index in [1.54, 1.807) is 0 Å². The Morgan fingerprint density at radius 2 is 2.10 bits per heavy atom. The van der Waals surface area contributed by atoms with Crippen molar-refractivity contribution in [2.24, 2.45) is 5.41 Å². The molecule has 0 aromatic rings. The van der Waals surface area contributed by atoms with Crippen molar-refractivity contribution < 1.29 is 0 Å². The molecular formula is C10H16. The Morgan fingerprint density at radius 1 is 1.50 bits per heavy atom. The molecule has 0 amide bonds. The van der Waals surface area contributed by atoms with Gasteiger partial charge >= 0.3 is 0 Å². The van der Waals surface area contributed by atoms with Gasteiger partial charge in [0.2, 0.25) is 0 Å². The first kappa shape index (κ1) is 7.59. The summed E-state index contributed by atoms with van der Waals surface area (Å²) in [4.78, 5) is 0. The van der Waals surface area contributed by atoms with Crippen molar-refractivity contribution >= 4 is 0 Å². The number of rotatable bonds is 2. The number of allylic oxidation sites excluding steroid dienone is 3. The zero-order chi connectivity index (χ0) is 7.61. The van der Waals surface area contributed by atoms with Gasteiger partial charge in [-0.15, -0.1) is 6.58 Å². The van der Waals surface area contributed by atoms with Crippen LogP contribution in [0.2, 0.25) is 0 Å². The average Bonchev–Trinajstić information content (AvgIpc) is 1.86. The fourth-order valence-electron chi connectivity index (χ4n) is 1.60. The summed E-state index contributed by atoms with van der Waals surface area (Å²) in [5, 5.41) is 0. The molecule has 0 atom stereocenters. The Bertz CT molecular complexity index is 159. The SMILES string of the molecule is C=CC1(/C(C)=C/C)CCC1. The van der Waals surface area contributed by atoms with E-state index in [0.717, 1.165) is 0 Å². The molecule has 0 aliphatic heterocycles. The quantitative estimate of drug-likeness (QED) is 0.511. The van der Waals surface area contributed by atoms with Crippen LogP contribution >= 0.6 is 0 Å². The third-order valence-corrected chi connectivity index (χ3v) is 2.85. The summed E-state index contributed by atoms with van der Waals surface area (Å²) in [6.07, 6.45) is 8.32. The topological polar surface area (TPSA) is 0 Å². The summed E-state index contributed by atoms with van der Waals surface area (Å²) in [6, 6.07) is 0. The van der Waals surface area contributed by atoms with E-state index in [-0.39, 0.29) is 0 Å². The molecule has 0 N–H and O–H groups in total. The average molecular weight is 136 g/mol. The maximum Gasteiger partial charge on any atom is 0.00852 e. The Kier molecular flexibility index (Phi) is 1.98. The van der Waals surface area contributed by atoms with Crippen LogP contribution in [-0.4, -0.2) is 0 Å². The molecule has 56 valence electrons. The predicted octanol–water partition coefficient (Wildman–Crippen LogP) is 3.31. The Balaban J connectivity index is 2.74. The van der Waals surface area contributed by atoms with Gasteiger partial charge in [-0.3, -0.25) is 0 Å². The monoisotopic (exact) mass is 136 g/mol. The highest BCUT2D eigenvalue weighted by Gasteiger charge is 2.34. The van der Waals surface area contributed by atoms with E-state index in [9.17, 15) is 0 Å². The van der Waals surface area contributed by atoms with Crippen LogP contribution in [0.15, 0.2) is 24.3 Å². The van der Waals surface area contributed by atoms with Crippen LogP contribution < -0.4 is 0 Å². The van der Waals surface area contributed by atoms with Crippen LogP contribution in [0.5, 0.6) is 0 Å². The lowest BCUT2D eigenvalue weighted by Gasteiger charge is -2.40. The highest BCUT2D eigenvalue weighted by Crippen LogP contribution is 2.47. The third-order valence-electron chi connectivity index (χ3n) is 2.85. The minimum Gasteiger partial charge on any atom is -0.102 e. The molecule has 1 saturated carbocycles. The highest BCUT2D eigenvalue weighted by atomic mass is 14.4. The molecule has 1 aliphatic carbocycles. The minimum absolute atomic E-state index is 0.398. The maximum atomic E-state index is 3.88. The van der Waals surface area contributed by atoms with E-state index < -0.39 is 0 Å². The van der Waals surface area contributed by atoms with Gasteiger partial charge in [0.15, 0.2) is 0 Å². The Labute approximate surface area is 63.6 Å². The number of hydrogen-bond acceptors (Lipinski definition) is 0. The molecule has 0 aromatic heterocycles. The third kappa shape index (κ3) is 0.920. The molecule has 0 heteroatoms. The van der Waals surface area contributed by atoms with Gasteiger partial charge in [0.05, 0.1) is 0 Å². The summed E-state index contributed by atoms with van der Waals surface area (Å²) in [5.74, 6) is 0. The molecular weight excluding hydrogens is 120 g/mol. The summed E-state index contributed by atoms with van der Waals surface area (Å²) in [5.41, 5.74) is 1.89. The summed E-state index contributed by atoms with van der Waals surface area (Å²) < 4.78 is 0. The molecule has 0 spiro atoms.